The van der Waals surface area contributed by atoms with Crippen molar-refractivity contribution in [2.75, 3.05) is 59.0 Å². The summed E-state index contributed by atoms with van der Waals surface area (Å²) in [5.41, 5.74) is 0.150. The molecular formula is C23H42IN5O2. The number of hydrogen-bond donors (Lipinski definition) is 1. The molecular weight excluding hydrogens is 505 g/mol. The van der Waals surface area contributed by atoms with E-state index in [9.17, 15) is 4.79 Å². The number of carbonyl (C=O) groups is 1. The number of fused-ring (bicyclic) bond motifs is 1. The zero-order valence-corrected chi connectivity index (χ0v) is 22.0. The zero-order valence-electron chi connectivity index (χ0n) is 19.6. The van der Waals surface area contributed by atoms with Gasteiger partial charge in [0.25, 0.3) is 0 Å². The molecule has 4 aliphatic rings. The molecule has 0 bridgehead atoms. The maximum Gasteiger partial charge on any atom is 0.236 e. The van der Waals surface area contributed by atoms with Gasteiger partial charge in [0.15, 0.2) is 5.96 Å². The minimum atomic E-state index is 0. The first-order valence-electron chi connectivity index (χ1n) is 12.2. The fraction of sp³-hybridized carbons (Fsp3) is 0.913. The van der Waals surface area contributed by atoms with Crippen molar-refractivity contribution in [3.63, 3.8) is 0 Å². The second kappa shape index (κ2) is 11.0. The number of amides is 1. The van der Waals surface area contributed by atoms with Gasteiger partial charge >= 0.3 is 0 Å². The number of nitrogens with zero attached hydrogens (tertiary/aromatic N) is 4. The third-order valence-electron chi connectivity index (χ3n) is 7.68. The Balaban J connectivity index is 0.00000272. The molecule has 0 aromatic carbocycles. The topological polar surface area (TPSA) is 60.4 Å². The van der Waals surface area contributed by atoms with Gasteiger partial charge in [-0.25, -0.2) is 0 Å². The molecule has 178 valence electrons. The normalized spacial score (nSPS) is 31.3. The van der Waals surface area contributed by atoms with Gasteiger partial charge in [-0.2, -0.15) is 0 Å². The summed E-state index contributed by atoms with van der Waals surface area (Å²) < 4.78 is 5.96. The van der Waals surface area contributed by atoms with Crippen molar-refractivity contribution in [1.82, 2.24) is 20.0 Å². The Labute approximate surface area is 205 Å². The van der Waals surface area contributed by atoms with E-state index in [1.165, 1.54) is 12.8 Å². The third-order valence-corrected chi connectivity index (χ3v) is 7.68. The van der Waals surface area contributed by atoms with Crippen LogP contribution in [0.5, 0.6) is 0 Å². The highest BCUT2D eigenvalue weighted by Crippen LogP contribution is 2.52. The molecule has 4 fully saturated rings. The molecule has 0 spiro atoms. The van der Waals surface area contributed by atoms with Crippen molar-refractivity contribution in [1.29, 1.82) is 0 Å². The highest BCUT2D eigenvalue weighted by molar-refractivity contribution is 14.0. The van der Waals surface area contributed by atoms with E-state index in [4.69, 9.17) is 9.73 Å². The lowest BCUT2D eigenvalue weighted by atomic mass is 9.57. The number of halogens is 1. The highest BCUT2D eigenvalue weighted by atomic mass is 127. The number of likely N-dealkylation sites (tertiary alicyclic amines) is 1. The summed E-state index contributed by atoms with van der Waals surface area (Å²) in [5, 5.41) is 3.80. The summed E-state index contributed by atoms with van der Waals surface area (Å²) in [6, 6.07) is 0.429. The van der Waals surface area contributed by atoms with Crippen LogP contribution in [-0.4, -0.2) is 97.7 Å². The van der Waals surface area contributed by atoms with Crippen molar-refractivity contribution in [2.24, 2.45) is 16.3 Å². The van der Waals surface area contributed by atoms with Crippen LogP contribution in [0.25, 0.3) is 0 Å². The van der Waals surface area contributed by atoms with E-state index in [1.54, 1.807) is 0 Å². The predicted octanol–water partition coefficient (Wildman–Crippen LogP) is 2.40. The Kier molecular flexibility index (Phi) is 8.88. The van der Waals surface area contributed by atoms with Crippen molar-refractivity contribution in [3.05, 3.63) is 0 Å². The molecule has 3 unspecified atom stereocenters. The molecule has 3 saturated heterocycles. The Hall–Kier alpha value is -0.610. The Morgan fingerprint density at radius 1 is 1.03 bits per heavy atom. The first kappa shape index (κ1) is 25.0. The molecule has 1 saturated carbocycles. The van der Waals surface area contributed by atoms with Gasteiger partial charge in [-0.15, -0.1) is 24.0 Å². The van der Waals surface area contributed by atoms with Crippen LogP contribution in [0, 0.1) is 11.3 Å². The number of carbonyl (C=O) groups excluding carboxylic acids is 1. The van der Waals surface area contributed by atoms with Gasteiger partial charge in [-0.1, -0.05) is 26.7 Å². The van der Waals surface area contributed by atoms with Gasteiger partial charge in [0, 0.05) is 69.8 Å². The summed E-state index contributed by atoms with van der Waals surface area (Å²) >= 11 is 0. The van der Waals surface area contributed by atoms with E-state index >= 15 is 0 Å². The number of guanidine groups is 1. The van der Waals surface area contributed by atoms with E-state index in [0.29, 0.717) is 30.5 Å². The van der Waals surface area contributed by atoms with E-state index in [2.05, 4.69) is 40.8 Å². The number of aliphatic imine (C=N–C) groups is 1. The van der Waals surface area contributed by atoms with Crippen LogP contribution in [0.3, 0.4) is 0 Å². The minimum Gasteiger partial charge on any atom is -0.377 e. The number of ether oxygens (including phenoxy) is 1. The molecule has 3 heterocycles. The molecule has 0 aromatic heterocycles. The average molecular weight is 548 g/mol. The molecule has 3 atom stereocenters. The molecule has 1 amide bonds. The van der Waals surface area contributed by atoms with Crippen molar-refractivity contribution >= 4 is 35.8 Å². The van der Waals surface area contributed by atoms with Crippen LogP contribution >= 0.6 is 24.0 Å². The standard InChI is InChI=1S/C23H41N5O2.HI/c1-4-24-22(25-20-18-9-16-30-21(18)23(20,2)3)28-14-12-26(13-15-28)17-19(29)27-10-7-5-6-8-11-27;/h18,20-21H,4-17H2,1-3H3,(H,24,25);1H. The number of hydrogen-bond acceptors (Lipinski definition) is 4. The number of rotatable bonds is 4. The molecule has 1 N–H and O–H groups in total. The SMILES string of the molecule is CCN=C(NC1C2CCOC2C1(C)C)N1CCN(CC(=O)N2CCCCCC2)CC1.I. The predicted molar refractivity (Wildman–Crippen MR) is 135 cm³/mol. The van der Waals surface area contributed by atoms with Gasteiger partial charge < -0.3 is 19.9 Å². The fourth-order valence-corrected chi connectivity index (χ4v) is 5.87. The Morgan fingerprint density at radius 3 is 2.35 bits per heavy atom. The summed E-state index contributed by atoms with van der Waals surface area (Å²) in [6.45, 7) is 14.6. The zero-order chi connectivity index (χ0) is 21.1. The van der Waals surface area contributed by atoms with Crippen LogP contribution in [0.1, 0.15) is 52.9 Å². The minimum absolute atomic E-state index is 0. The largest absolute Gasteiger partial charge is 0.377 e. The van der Waals surface area contributed by atoms with Crippen LogP contribution in [0.4, 0.5) is 0 Å². The second-order valence-corrected chi connectivity index (χ2v) is 10.0. The molecule has 31 heavy (non-hydrogen) atoms. The first-order valence-corrected chi connectivity index (χ1v) is 12.2. The smallest absolute Gasteiger partial charge is 0.236 e. The quantitative estimate of drug-likeness (QED) is 0.333. The molecule has 8 heteroatoms. The molecule has 0 aromatic rings. The van der Waals surface area contributed by atoms with Crippen molar-refractivity contribution in [3.8, 4) is 0 Å². The highest BCUT2D eigenvalue weighted by Gasteiger charge is 2.59. The average Bonchev–Trinajstić information content (AvgIpc) is 3.02. The molecule has 0 radical (unpaired) electrons. The summed E-state index contributed by atoms with van der Waals surface area (Å²) in [5.74, 6) is 1.96. The van der Waals surface area contributed by atoms with E-state index in [0.717, 1.165) is 77.6 Å². The summed E-state index contributed by atoms with van der Waals surface area (Å²) in [6.07, 6.45) is 6.39. The van der Waals surface area contributed by atoms with Crippen LogP contribution < -0.4 is 5.32 Å². The lowest BCUT2D eigenvalue weighted by Crippen LogP contribution is -2.68. The van der Waals surface area contributed by atoms with Gasteiger partial charge in [0.2, 0.25) is 5.91 Å². The van der Waals surface area contributed by atoms with Gasteiger partial charge in [-0.3, -0.25) is 14.7 Å². The van der Waals surface area contributed by atoms with Crippen LogP contribution in [-0.2, 0) is 9.53 Å². The van der Waals surface area contributed by atoms with Crippen molar-refractivity contribution < 1.29 is 9.53 Å². The summed E-state index contributed by atoms with van der Waals surface area (Å²) in [7, 11) is 0. The monoisotopic (exact) mass is 547 g/mol. The number of nitrogens with one attached hydrogen (secondary N) is 1. The Morgan fingerprint density at radius 2 is 1.71 bits per heavy atom. The van der Waals surface area contributed by atoms with Crippen LogP contribution in [0.2, 0.25) is 0 Å². The van der Waals surface area contributed by atoms with Gasteiger partial charge in [0.1, 0.15) is 0 Å². The van der Waals surface area contributed by atoms with E-state index in [-0.39, 0.29) is 29.4 Å². The van der Waals surface area contributed by atoms with E-state index < -0.39 is 0 Å². The lowest BCUT2D eigenvalue weighted by molar-refractivity contribution is -0.132. The molecule has 3 aliphatic heterocycles. The maximum atomic E-state index is 12.7. The fourth-order valence-electron chi connectivity index (χ4n) is 5.87. The Bertz CT molecular complexity index is 627. The van der Waals surface area contributed by atoms with Gasteiger partial charge in [-0.05, 0) is 26.2 Å². The second-order valence-electron chi connectivity index (χ2n) is 10.0. The first-order chi connectivity index (χ1) is 14.5. The molecule has 4 rings (SSSR count). The maximum absolute atomic E-state index is 12.7. The number of piperazine rings is 1. The molecule has 1 aliphatic carbocycles. The van der Waals surface area contributed by atoms with Crippen molar-refractivity contribution in [2.45, 2.75) is 65.0 Å². The van der Waals surface area contributed by atoms with Crippen LogP contribution in [0.15, 0.2) is 4.99 Å². The summed E-state index contributed by atoms with van der Waals surface area (Å²) in [4.78, 5) is 24.3. The lowest BCUT2D eigenvalue weighted by Gasteiger charge is -2.55. The molecule has 7 nitrogen and oxygen atoms in total. The van der Waals surface area contributed by atoms with Gasteiger partial charge in [0.05, 0.1) is 12.6 Å². The van der Waals surface area contributed by atoms with E-state index in [1.807, 2.05) is 0 Å². The third kappa shape index (κ3) is 5.49.